The van der Waals surface area contributed by atoms with Crippen LogP contribution in [0.2, 0.25) is 0 Å². The molecule has 0 bridgehead atoms. The number of carbonyl (C=O) groups excluding carboxylic acids is 2. The van der Waals surface area contributed by atoms with E-state index in [2.05, 4.69) is 61.5 Å². The summed E-state index contributed by atoms with van der Waals surface area (Å²) >= 11 is 1.58. The van der Waals surface area contributed by atoms with Crippen molar-refractivity contribution < 1.29 is 14.3 Å². The summed E-state index contributed by atoms with van der Waals surface area (Å²) in [6.07, 6.45) is 6.62. The van der Waals surface area contributed by atoms with Gasteiger partial charge in [0.05, 0.1) is 5.56 Å². The van der Waals surface area contributed by atoms with Gasteiger partial charge in [-0.3, -0.25) is 14.2 Å². The number of aromatic nitrogens is 3. The molecule has 3 aromatic rings. The van der Waals surface area contributed by atoms with Gasteiger partial charge in [0.1, 0.15) is 11.6 Å². The van der Waals surface area contributed by atoms with Gasteiger partial charge in [-0.2, -0.15) is 0 Å². The highest BCUT2D eigenvalue weighted by Crippen LogP contribution is 2.43. The van der Waals surface area contributed by atoms with Gasteiger partial charge in [-0.25, -0.2) is 0 Å². The normalized spacial score (nSPS) is 18.3. The molecule has 2 aromatic heterocycles. The second kappa shape index (κ2) is 11.7. The van der Waals surface area contributed by atoms with Crippen LogP contribution in [0.5, 0.6) is 0 Å². The average Bonchev–Trinajstić information content (AvgIpc) is 3.90. The molecule has 10 heteroatoms. The number of hydrogen-bond donors (Lipinski definition) is 2. The van der Waals surface area contributed by atoms with Crippen molar-refractivity contribution in [3.05, 3.63) is 57.7 Å². The van der Waals surface area contributed by atoms with Crippen molar-refractivity contribution in [2.45, 2.75) is 71.1 Å². The minimum Gasteiger partial charge on any atom is -0.377 e. The first kappa shape index (κ1) is 27.0. The van der Waals surface area contributed by atoms with Gasteiger partial charge in [-0.1, -0.05) is 30.3 Å². The monoisotopic (exact) mass is 562 g/mol. The Kier molecular flexibility index (Phi) is 7.89. The number of nitrogens with one attached hydrogen (secondary N) is 2. The highest BCUT2D eigenvalue weighted by atomic mass is 32.1. The number of anilines is 2. The predicted molar refractivity (Wildman–Crippen MR) is 156 cm³/mol. The molecule has 40 heavy (non-hydrogen) atoms. The molecule has 0 radical (unpaired) electrons. The van der Waals surface area contributed by atoms with Gasteiger partial charge >= 0.3 is 0 Å². The topological polar surface area (TPSA) is 101 Å². The van der Waals surface area contributed by atoms with Crippen LogP contribution in [0.1, 0.15) is 77.3 Å². The molecular formula is C30H38N6O3S. The van der Waals surface area contributed by atoms with Gasteiger partial charge < -0.3 is 20.3 Å². The fourth-order valence-corrected chi connectivity index (χ4v) is 6.82. The first-order valence-corrected chi connectivity index (χ1v) is 15.3. The highest BCUT2D eigenvalue weighted by molar-refractivity contribution is 7.17. The number of hydrogen-bond acceptors (Lipinski definition) is 7. The number of amides is 2. The molecule has 9 nitrogen and oxygen atoms in total. The van der Waals surface area contributed by atoms with Gasteiger partial charge in [0.15, 0.2) is 5.82 Å². The van der Waals surface area contributed by atoms with E-state index >= 15 is 0 Å². The van der Waals surface area contributed by atoms with Crippen LogP contribution in [0, 0.1) is 11.8 Å². The Labute approximate surface area is 239 Å². The van der Waals surface area contributed by atoms with Crippen molar-refractivity contribution in [3.63, 3.8) is 0 Å². The summed E-state index contributed by atoms with van der Waals surface area (Å²) in [5.41, 5.74) is 2.91. The number of fused-ring (bicyclic) bond motifs is 1. The second-order valence-corrected chi connectivity index (χ2v) is 12.3. The molecule has 3 aliphatic rings. The summed E-state index contributed by atoms with van der Waals surface area (Å²) in [6, 6.07) is 10.5. The Balaban J connectivity index is 1.32. The minimum atomic E-state index is -0.0727. The smallest absolute Gasteiger partial charge is 0.254 e. The van der Waals surface area contributed by atoms with Crippen molar-refractivity contribution in [2.24, 2.45) is 11.8 Å². The van der Waals surface area contributed by atoms with Crippen LogP contribution in [-0.2, 0) is 35.5 Å². The molecule has 2 N–H and O–H groups in total. The van der Waals surface area contributed by atoms with Crippen LogP contribution in [0.15, 0.2) is 30.3 Å². The molecule has 212 valence electrons. The fourth-order valence-electron chi connectivity index (χ4n) is 5.58. The van der Waals surface area contributed by atoms with Gasteiger partial charge in [0.25, 0.3) is 5.91 Å². The molecule has 0 spiro atoms. The van der Waals surface area contributed by atoms with E-state index in [9.17, 15) is 9.59 Å². The summed E-state index contributed by atoms with van der Waals surface area (Å²) in [7, 11) is 1.68. The van der Waals surface area contributed by atoms with Gasteiger partial charge in [0.2, 0.25) is 11.9 Å². The molecule has 2 amide bonds. The van der Waals surface area contributed by atoms with E-state index in [1.165, 1.54) is 23.3 Å². The van der Waals surface area contributed by atoms with E-state index in [4.69, 9.17) is 4.74 Å². The molecule has 1 atom stereocenters. The lowest BCUT2D eigenvalue weighted by Gasteiger charge is -2.30. The van der Waals surface area contributed by atoms with Gasteiger partial charge in [-0.15, -0.1) is 21.5 Å². The van der Waals surface area contributed by atoms with Crippen LogP contribution in [-0.4, -0.2) is 46.8 Å². The maximum absolute atomic E-state index is 13.6. The molecular weight excluding hydrogens is 524 g/mol. The maximum atomic E-state index is 13.6. The van der Waals surface area contributed by atoms with Crippen molar-refractivity contribution >= 4 is 34.1 Å². The fraction of sp³-hybridized carbons (Fsp3) is 0.533. The molecule has 0 saturated heterocycles. The predicted octanol–water partition coefficient (Wildman–Crippen LogP) is 4.73. The number of nitrogens with zero attached hydrogens (tertiary/aromatic N) is 4. The summed E-state index contributed by atoms with van der Waals surface area (Å²) < 4.78 is 7.75. The Hall–Kier alpha value is -3.24. The molecule has 2 fully saturated rings. The molecule has 1 unspecified atom stereocenters. The lowest BCUT2D eigenvalue weighted by molar-refractivity contribution is -0.117. The number of rotatable bonds is 12. The number of benzene rings is 1. The largest absolute Gasteiger partial charge is 0.377 e. The van der Waals surface area contributed by atoms with E-state index in [0.29, 0.717) is 36.1 Å². The second-order valence-electron chi connectivity index (χ2n) is 11.2. The molecule has 6 rings (SSSR count). The first-order chi connectivity index (χ1) is 19.6. The molecule has 3 aliphatic carbocycles. The maximum Gasteiger partial charge on any atom is 0.254 e. The number of ether oxygens (including phenoxy) is 1. The van der Waals surface area contributed by atoms with Crippen molar-refractivity contribution in [2.75, 3.05) is 30.4 Å². The van der Waals surface area contributed by atoms with Crippen LogP contribution in [0.25, 0.3) is 0 Å². The Morgan fingerprint density at radius 2 is 1.93 bits per heavy atom. The lowest BCUT2D eigenvalue weighted by atomic mass is 9.90. The molecule has 2 saturated carbocycles. The number of aryl methyl sites for hydroxylation is 1. The van der Waals surface area contributed by atoms with Crippen molar-refractivity contribution in [3.8, 4) is 0 Å². The van der Waals surface area contributed by atoms with Gasteiger partial charge in [-0.05, 0) is 68.9 Å². The minimum absolute atomic E-state index is 0.0365. The van der Waals surface area contributed by atoms with Crippen LogP contribution in [0.3, 0.4) is 0 Å². The average molecular weight is 563 g/mol. The Bertz CT molecular complexity index is 1360. The molecule has 1 aromatic carbocycles. The van der Waals surface area contributed by atoms with E-state index in [0.717, 1.165) is 56.1 Å². The standard InChI is InChI=1S/C30H38N6O3S/c1-3-35(17-20-7-5-4-6-8-20)30-34-33-25(18-39-2)36(30)22-13-14-24-23(15-22)26(28(38)31-16-19-9-10-19)29(40-24)32-27(37)21-11-12-21/h4-8,19,21-22H,3,9-18H2,1-2H3,(H,31,38)(H,32,37). The van der Waals surface area contributed by atoms with E-state index in [-0.39, 0.29) is 23.8 Å². The highest BCUT2D eigenvalue weighted by Gasteiger charge is 2.36. The first-order valence-electron chi connectivity index (χ1n) is 14.5. The summed E-state index contributed by atoms with van der Waals surface area (Å²) in [6.45, 7) is 4.70. The van der Waals surface area contributed by atoms with E-state index in [1.54, 1.807) is 18.4 Å². The number of carbonyl (C=O) groups is 2. The van der Waals surface area contributed by atoms with Crippen LogP contribution in [0.4, 0.5) is 10.9 Å². The third-order valence-electron chi connectivity index (χ3n) is 8.16. The van der Waals surface area contributed by atoms with Crippen LogP contribution < -0.4 is 15.5 Å². The number of thiophene rings is 1. The van der Waals surface area contributed by atoms with Crippen molar-refractivity contribution in [1.82, 2.24) is 20.1 Å². The quantitative estimate of drug-likeness (QED) is 0.331. The SMILES string of the molecule is CCN(Cc1ccccc1)c1nnc(COC)n1C1CCc2sc(NC(=O)C3CC3)c(C(=O)NCC3CC3)c2C1. The number of methoxy groups -OCH3 is 1. The Morgan fingerprint density at radius 3 is 2.62 bits per heavy atom. The zero-order chi connectivity index (χ0) is 27.6. The summed E-state index contributed by atoms with van der Waals surface area (Å²) in [5, 5.41) is 16.2. The molecule has 0 aliphatic heterocycles. The molecule has 2 heterocycles. The Morgan fingerprint density at radius 1 is 1.12 bits per heavy atom. The summed E-state index contributed by atoms with van der Waals surface area (Å²) in [4.78, 5) is 29.7. The van der Waals surface area contributed by atoms with Gasteiger partial charge in [0, 0.05) is 43.6 Å². The van der Waals surface area contributed by atoms with Crippen molar-refractivity contribution in [1.29, 1.82) is 0 Å². The third-order valence-corrected chi connectivity index (χ3v) is 9.37. The zero-order valence-electron chi connectivity index (χ0n) is 23.3. The summed E-state index contributed by atoms with van der Waals surface area (Å²) in [5.74, 6) is 2.23. The van der Waals surface area contributed by atoms with E-state index in [1.807, 2.05) is 6.07 Å². The van der Waals surface area contributed by atoms with Crippen LogP contribution >= 0.6 is 11.3 Å². The zero-order valence-corrected chi connectivity index (χ0v) is 24.1. The lowest BCUT2D eigenvalue weighted by Crippen LogP contribution is -2.31. The third kappa shape index (κ3) is 5.78. The van der Waals surface area contributed by atoms with E-state index < -0.39 is 0 Å².